The smallest absolute Gasteiger partial charge is 0.331 e. The van der Waals surface area contributed by atoms with Gasteiger partial charge in [-0.25, -0.2) is 4.79 Å². The molecule has 0 bridgehead atoms. The van der Waals surface area contributed by atoms with E-state index in [-0.39, 0.29) is 5.97 Å². The lowest BCUT2D eigenvalue weighted by Gasteiger charge is -2.38. The van der Waals surface area contributed by atoms with Gasteiger partial charge in [0.05, 0.1) is 7.11 Å². The number of nitrogens with one attached hydrogen (secondary N) is 1. The summed E-state index contributed by atoms with van der Waals surface area (Å²) in [6, 6.07) is 7.43. The predicted octanol–water partition coefficient (Wildman–Crippen LogP) is 3.87. The maximum absolute atomic E-state index is 12.2. The van der Waals surface area contributed by atoms with Crippen molar-refractivity contribution >= 4 is 23.3 Å². The summed E-state index contributed by atoms with van der Waals surface area (Å²) in [5.74, 6) is 0.349. The van der Waals surface area contributed by atoms with Crippen molar-refractivity contribution in [2.45, 2.75) is 38.1 Å². The van der Waals surface area contributed by atoms with Crippen molar-refractivity contribution in [2.24, 2.45) is 5.92 Å². The number of ether oxygens (including phenoxy) is 1. The minimum atomic E-state index is -0.597. The molecule has 0 aliphatic heterocycles. The van der Waals surface area contributed by atoms with Gasteiger partial charge in [-0.2, -0.15) is 0 Å². The van der Waals surface area contributed by atoms with Crippen molar-refractivity contribution in [3.63, 3.8) is 0 Å². The Kier molecular flexibility index (Phi) is 4.35. The normalized spacial score (nSPS) is 26.8. The second-order valence-corrected chi connectivity index (χ2v) is 5.84. The zero-order valence-electron chi connectivity index (χ0n) is 11.4. The molecule has 0 saturated heterocycles. The van der Waals surface area contributed by atoms with E-state index in [0.29, 0.717) is 10.9 Å². The van der Waals surface area contributed by atoms with Gasteiger partial charge in [0.15, 0.2) is 0 Å². The molecule has 0 amide bonds. The number of halogens is 1. The molecule has 1 fully saturated rings. The number of anilines is 1. The monoisotopic (exact) mass is 281 g/mol. The molecule has 2 rings (SSSR count). The number of benzene rings is 1. The summed E-state index contributed by atoms with van der Waals surface area (Å²) < 4.78 is 5.01. The number of hydrogen-bond donors (Lipinski definition) is 1. The maximum Gasteiger partial charge on any atom is 0.331 e. The number of hydrogen-bond acceptors (Lipinski definition) is 3. The first kappa shape index (κ1) is 14.2. The minimum Gasteiger partial charge on any atom is -0.467 e. The lowest BCUT2D eigenvalue weighted by molar-refractivity contribution is -0.147. The van der Waals surface area contributed by atoms with Crippen LogP contribution in [-0.2, 0) is 9.53 Å². The van der Waals surface area contributed by atoms with E-state index in [9.17, 15) is 4.79 Å². The Labute approximate surface area is 119 Å². The molecule has 19 heavy (non-hydrogen) atoms. The molecule has 1 saturated carbocycles. The van der Waals surface area contributed by atoms with Crippen molar-refractivity contribution in [2.75, 3.05) is 12.4 Å². The van der Waals surface area contributed by atoms with Gasteiger partial charge in [0.1, 0.15) is 5.54 Å². The standard InChI is InChI=1S/C15H20ClNO2/c1-11-4-3-9-15(10-11,14(18)19-2)17-13-7-5-12(16)6-8-13/h5-8,11,17H,3-4,9-10H2,1-2H3. The zero-order valence-corrected chi connectivity index (χ0v) is 12.2. The third-order valence-electron chi connectivity index (χ3n) is 3.80. The average molecular weight is 282 g/mol. The van der Waals surface area contributed by atoms with Crippen LogP contribution in [0.4, 0.5) is 5.69 Å². The predicted molar refractivity (Wildman–Crippen MR) is 77.5 cm³/mol. The molecular weight excluding hydrogens is 262 g/mol. The van der Waals surface area contributed by atoms with Crippen LogP contribution in [0.15, 0.2) is 24.3 Å². The molecule has 2 unspecified atom stereocenters. The lowest BCUT2D eigenvalue weighted by atomic mass is 9.76. The summed E-state index contributed by atoms with van der Waals surface area (Å²) in [6.45, 7) is 2.18. The first-order chi connectivity index (χ1) is 9.05. The van der Waals surface area contributed by atoms with Crippen LogP contribution in [0.3, 0.4) is 0 Å². The van der Waals surface area contributed by atoms with E-state index in [4.69, 9.17) is 16.3 Å². The molecule has 1 N–H and O–H groups in total. The van der Waals surface area contributed by atoms with Gasteiger partial charge in [-0.3, -0.25) is 0 Å². The Morgan fingerprint density at radius 3 is 2.68 bits per heavy atom. The molecule has 104 valence electrons. The number of esters is 1. The number of methoxy groups -OCH3 is 1. The van der Waals surface area contributed by atoms with Crippen LogP contribution in [0.2, 0.25) is 5.02 Å². The SMILES string of the molecule is COC(=O)C1(Nc2ccc(Cl)cc2)CCCC(C)C1. The van der Waals surface area contributed by atoms with Gasteiger partial charge >= 0.3 is 5.97 Å². The molecule has 0 aromatic heterocycles. The van der Waals surface area contributed by atoms with Crippen LogP contribution >= 0.6 is 11.6 Å². The summed E-state index contributed by atoms with van der Waals surface area (Å²) in [6.07, 6.45) is 3.83. The van der Waals surface area contributed by atoms with Crippen LogP contribution < -0.4 is 5.32 Å². The molecule has 0 heterocycles. The van der Waals surface area contributed by atoms with Crippen molar-refractivity contribution in [3.05, 3.63) is 29.3 Å². The van der Waals surface area contributed by atoms with E-state index in [2.05, 4.69) is 12.2 Å². The molecule has 1 aromatic rings. The number of carbonyl (C=O) groups excluding carboxylic acids is 1. The highest BCUT2D eigenvalue weighted by Crippen LogP contribution is 2.36. The number of carbonyl (C=O) groups is 1. The fourth-order valence-electron chi connectivity index (χ4n) is 2.91. The van der Waals surface area contributed by atoms with E-state index in [1.54, 1.807) is 0 Å². The van der Waals surface area contributed by atoms with Gasteiger partial charge in [0, 0.05) is 10.7 Å². The lowest BCUT2D eigenvalue weighted by Crippen LogP contribution is -2.50. The highest BCUT2D eigenvalue weighted by Gasteiger charge is 2.42. The van der Waals surface area contributed by atoms with E-state index >= 15 is 0 Å². The van der Waals surface area contributed by atoms with E-state index < -0.39 is 5.54 Å². The quantitative estimate of drug-likeness (QED) is 0.855. The second-order valence-electron chi connectivity index (χ2n) is 5.41. The Morgan fingerprint density at radius 1 is 1.42 bits per heavy atom. The summed E-state index contributed by atoms with van der Waals surface area (Å²) in [7, 11) is 1.45. The van der Waals surface area contributed by atoms with Crippen LogP contribution in [0.5, 0.6) is 0 Å². The van der Waals surface area contributed by atoms with Crippen LogP contribution in [0.25, 0.3) is 0 Å². The third kappa shape index (κ3) is 3.21. The van der Waals surface area contributed by atoms with Crippen molar-refractivity contribution < 1.29 is 9.53 Å². The van der Waals surface area contributed by atoms with Crippen molar-refractivity contribution in [1.29, 1.82) is 0 Å². The molecule has 1 aliphatic rings. The molecule has 1 aliphatic carbocycles. The van der Waals surface area contributed by atoms with E-state index in [1.165, 1.54) is 13.5 Å². The fraction of sp³-hybridized carbons (Fsp3) is 0.533. The largest absolute Gasteiger partial charge is 0.467 e. The average Bonchev–Trinajstić information content (AvgIpc) is 2.40. The minimum absolute atomic E-state index is 0.172. The topological polar surface area (TPSA) is 38.3 Å². The Hall–Kier alpha value is -1.22. The fourth-order valence-corrected chi connectivity index (χ4v) is 3.03. The van der Waals surface area contributed by atoms with E-state index in [1.807, 2.05) is 24.3 Å². The Balaban J connectivity index is 2.22. The first-order valence-electron chi connectivity index (χ1n) is 6.68. The van der Waals surface area contributed by atoms with Crippen molar-refractivity contribution in [3.8, 4) is 0 Å². The molecule has 3 nitrogen and oxygen atoms in total. The first-order valence-corrected chi connectivity index (χ1v) is 7.06. The maximum atomic E-state index is 12.2. The third-order valence-corrected chi connectivity index (χ3v) is 4.05. The summed E-state index contributed by atoms with van der Waals surface area (Å²) >= 11 is 5.88. The van der Waals surface area contributed by atoms with E-state index in [0.717, 1.165) is 24.9 Å². The van der Waals surface area contributed by atoms with Gasteiger partial charge in [-0.1, -0.05) is 31.4 Å². The number of rotatable bonds is 3. The zero-order chi connectivity index (χ0) is 13.9. The summed E-state index contributed by atoms with van der Waals surface area (Å²) in [5, 5.41) is 4.06. The Bertz CT molecular complexity index is 446. The molecule has 2 atom stereocenters. The van der Waals surface area contributed by atoms with Gasteiger partial charge < -0.3 is 10.1 Å². The highest BCUT2D eigenvalue weighted by molar-refractivity contribution is 6.30. The van der Waals surface area contributed by atoms with Crippen molar-refractivity contribution in [1.82, 2.24) is 0 Å². The highest BCUT2D eigenvalue weighted by atomic mass is 35.5. The van der Waals surface area contributed by atoms with Gasteiger partial charge in [0.2, 0.25) is 0 Å². The molecule has 4 heteroatoms. The second kappa shape index (κ2) is 5.83. The van der Waals surface area contributed by atoms with Crippen LogP contribution in [0.1, 0.15) is 32.6 Å². The van der Waals surface area contributed by atoms with Crippen LogP contribution in [-0.4, -0.2) is 18.6 Å². The Morgan fingerprint density at radius 2 is 2.11 bits per heavy atom. The van der Waals surface area contributed by atoms with Gasteiger partial charge in [-0.15, -0.1) is 0 Å². The van der Waals surface area contributed by atoms with Gasteiger partial charge in [-0.05, 0) is 43.0 Å². The summed E-state index contributed by atoms with van der Waals surface area (Å²) in [4.78, 5) is 12.2. The molecule has 0 spiro atoms. The van der Waals surface area contributed by atoms with Gasteiger partial charge in [0.25, 0.3) is 0 Å². The molecule has 1 aromatic carbocycles. The molecular formula is C15H20ClNO2. The summed E-state index contributed by atoms with van der Waals surface area (Å²) in [5.41, 5.74) is 0.309. The molecule has 0 radical (unpaired) electrons. The van der Waals surface area contributed by atoms with Crippen LogP contribution in [0, 0.1) is 5.92 Å².